The molecule has 4 N–H and O–H groups in total. The Hall–Kier alpha value is -4.25. The first kappa shape index (κ1) is 17.8. The van der Waals surface area contributed by atoms with E-state index in [1.54, 1.807) is 18.5 Å². The minimum atomic E-state index is -0.258. The van der Waals surface area contributed by atoms with E-state index in [-0.39, 0.29) is 17.7 Å². The number of nitriles is 1. The van der Waals surface area contributed by atoms with Gasteiger partial charge in [0.25, 0.3) is 0 Å². The highest BCUT2D eigenvalue weighted by atomic mass is 16.2. The summed E-state index contributed by atoms with van der Waals surface area (Å²) in [6.07, 6.45) is 3.90. The van der Waals surface area contributed by atoms with Crippen LogP contribution in [0.5, 0.6) is 0 Å². The Morgan fingerprint density at radius 2 is 2.07 bits per heavy atom. The fraction of sp³-hybridized carbons (Fsp3) is 0.136. The van der Waals surface area contributed by atoms with Crippen molar-refractivity contribution >= 4 is 28.3 Å². The maximum absolute atomic E-state index is 12.3. The van der Waals surface area contributed by atoms with Crippen LogP contribution in [0.3, 0.4) is 0 Å². The number of hydrogen-bond acceptors (Lipinski definition) is 6. The molecule has 1 aliphatic rings. The number of pyridine rings is 2. The lowest BCUT2D eigenvalue weighted by atomic mass is 10.00. The number of carbonyl (C=O) groups is 1. The molecule has 1 saturated carbocycles. The Kier molecular flexibility index (Phi) is 4.14. The number of amides is 1. The molecule has 1 amide bonds. The highest BCUT2D eigenvalue weighted by Crippen LogP contribution is 2.38. The van der Waals surface area contributed by atoms with Gasteiger partial charge in [0.15, 0.2) is 0 Å². The molecule has 8 nitrogen and oxygen atoms in total. The number of nitrogens with zero attached hydrogens (tertiary/aromatic N) is 4. The summed E-state index contributed by atoms with van der Waals surface area (Å²) in [7, 11) is 0. The second-order valence-electron chi connectivity index (χ2n) is 7.27. The van der Waals surface area contributed by atoms with Gasteiger partial charge in [0, 0.05) is 28.9 Å². The zero-order valence-electron chi connectivity index (χ0n) is 15.8. The monoisotopic (exact) mass is 395 g/mol. The average Bonchev–Trinajstić information content (AvgIpc) is 3.36. The minimum Gasteiger partial charge on any atom is -0.383 e. The third kappa shape index (κ3) is 3.12. The normalized spacial score (nSPS) is 17.4. The van der Waals surface area contributed by atoms with E-state index in [4.69, 9.17) is 11.0 Å². The van der Waals surface area contributed by atoms with Crippen LogP contribution in [-0.4, -0.2) is 26.1 Å². The Balaban J connectivity index is 1.54. The third-order valence-corrected chi connectivity index (χ3v) is 5.28. The molecule has 0 saturated heterocycles. The van der Waals surface area contributed by atoms with Gasteiger partial charge in [-0.3, -0.25) is 9.89 Å². The number of H-pyrrole nitrogens is 1. The number of rotatable bonds is 4. The molecule has 1 aliphatic carbocycles. The van der Waals surface area contributed by atoms with Gasteiger partial charge in [0.1, 0.15) is 11.6 Å². The van der Waals surface area contributed by atoms with Crippen molar-refractivity contribution in [2.45, 2.75) is 6.42 Å². The van der Waals surface area contributed by atoms with E-state index in [1.807, 2.05) is 36.4 Å². The first-order valence-corrected chi connectivity index (χ1v) is 9.50. The fourth-order valence-corrected chi connectivity index (χ4v) is 3.57. The summed E-state index contributed by atoms with van der Waals surface area (Å²) in [6.45, 7) is 0. The molecule has 0 aliphatic heterocycles. The third-order valence-electron chi connectivity index (χ3n) is 5.28. The second-order valence-corrected chi connectivity index (χ2v) is 7.27. The molecular weight excluding hydrogens is 378 g/mol. The van der Waals surface area contributed by atoms with E-state index in [9.17, 15) is 4.79 Å². The summed E-state index contributed by atoms with van der Waals surface area (Å²) < 4.78 is 0. The Morgan fingerprint density at radius 1 is 1.23 bits per heavy atom. The van der Waals surface area contributed by atoms with Crippen molar-refractivity contribution < 1.29 is 4.79 Å². The largest absolute Gasteiger partial charge is 0.383 e. The molecule has 3 aromatic heterocycles. The zero-order chi connectivity index (χ0) is 20.7. The summed E-state index contributed by atoms with van der Waals surface area (Å²) in [5.74, 6) is 0.150. The summed E-state index contributed by atoms with van der Waals surface area (Å²) in [6, 6.07) is 15.6. The van der Waals surface area contributed by atoms with E-state index in [0.29, 0.717) is 29.1 Å². The van der Waals surface area contributed by atoms with Crippen molar-refractivity contribution in [3.05, 3.63) is 54.9 Å². The van der Waals surface area contributed by atoms with Crippen LogP contribution in [0.1, 0.15) is 6.42 Å². The van der Waals surface area contributed by atoms with Gasteiger partial charge in [-0.2, -0.15) is 10.4 Å². The molecule has 8 heteroatoms. The lowest BCUT2D eigenvalue weighted by Crippen LogP contribution is -2.15. The lowest BCUT2D eigenvalue weighted by Gasteiger charge is -2.11. The molecule has 1 fully saturated rings. The Labute approximate surface area is 171 Å². The number of benzene rings is 1. The maximum atomic E-state index is 12.3. The fourth-order valence-electron chi connectivity index (χ4n) is 3.57. The number of aromatic nitrogens is 4. The Bertz CT molecular complexity index is 1310. The highest BCUT2D eigenvalue weighted by molar-refractivity contribution is 5.99. The highest BCUT2D eigenvalue weighted by Gasteiger charge is 2.43. The van der Waals surface area contributed by atoms with Gasteiger partial charge < -0.3 is 11.1 Å². The number of hydrogen-bond donors (Lipinski definition) is 3. The number of nitrogen functional groups attached to an aromatic ring is 1. The molecule has 5 rings (SSSR count). The second kappa shape index (κ2) is 6.97. The van der Waals surface area contributed by atoms with Crippen LogP contribution >= 0.6 is 0 Å². The molecule has 0 bridgehead atoms. The number of nitrogens with two attached hydrogens (primary N) is 1. The number of fused-ring (bicyclic) bond motifs is 1. The van der Waals surface area contributed by atoms with E-state index in [0.717, 1.165) is 22.2 Å². The smallest absolute Gasteiger partial charge is 0.230 e. The van der Waals surface area contributed by atoms with Crippen LogP contribution in [0.4, 0.5) is 11.6 Å². The summed E-state index contributed by atoms with van der Waals surface area (Å²) in [4.78, 5) is 21.1. The van der Waals surface area contributed by atoms with Gasteiger partial charge in [0.2, 0.25) is 5.91 Å². The van der Waals surface area contributed by atoms with Crippen LogP contribution < -0.4 is 11.1 Å². The topological polar surface area (TPSA) is 133 Å². The molecule has 146 valence electrons. The predicted octanol–water partition coefficient (Wildman–Crippen LogP) is 3.37. The minimum absolute atomic E-state index is 0.180. The van der Waals surface area contributed by atoms with Gasteiger partial charge in [-0.1, -0.05) is 24.3 Å². The van der Waals surface area contributed by atoms with Gasteiger partial charge in [-0.25, -0.2) is 9.97 Å². The van der Waals surface area contributed by atoms with Crippen LogP contribution in [-0.2, 0) is 4.79 Å². The van der Waals surface area contributed by atoms with E-state index < -0.39 is 0 Å². The van der Waals surface area contributed by atoms with Crippen molar-refractivity contribution in [1.29, 1.82) is 5.26 Å². The van der Waals surface area contributed by atoms with Gasteiger partial charge in [0.05, 0.1) is 29.3 Å². The standard InChI is InChI=1S/C22H17N7O/c23-10-13-7-16(13)22(30)28-20-9-12-8-19(27-21(24)17(12)11-25-20)15-4-2-1-3-14(15)18-5-6-26-29-18/h1-6,8-9,11,13,16H,7H2,(H2,24,27)(H,26,29)(H,25,28,30)/t13-,16+/m0/s1. The van der Waals surface area contributed by atoms with Crippen molar-refractivity contribution in [3.8, 4) is 28.6 Å². The molecule has 3 heterocycles. The van der Waals surface area contributed by atoms with Crippen molar-refractivity contribution in [1.82, 2.24) is 20.2 Å². The molecule has 4 aromatic rings. The quantitative estimate of drug-likeness (QED) is 0.485. The van der Waals surface area contributed by atoms with Crippen LogP contribution in [0.2, 0.25) is 0 Å². The number of carbonyl (C=O) groups excluding carboxylic acids is 1. The molecule has 0 spiro atoms. The predicted molar refractivity (Wildman–Crippen MR) is 113 cm³/mol. The molecule has 2 atom stereocenters. The molecule has 30 heavy (non-hydrogen) atoms. The summed E-state index contributed by atoms with van der Waals surface area (Å²) >= 11 is 0. The first-order valence-electron chi connectivity index (χ1n) is 9.50. The van der Waals surface area contributed by atoms with Gasteiger partial charge >= 0.3 is 0 Å². The van der Waals surface area contributed by atoms with Crippen molar-refractivity contribution in [3.63, 3.8) is 0 Å². The number of aromatic amines is 1. The van der Waals surface area contributed by atoms with Crippen molar-refractivity contribution in [2.24, 2.45) is 11.8 Å². The van der Waals surface area contributed by atoms with Crippen LogP contribution in [0.15, 0.2) is 54.9 Å². The first-order chi connectivity index (χ1) is 14.6. The number of anilines is 2. The molecule has 1 aromatic carbocycles. The summed E-state index contributed by atoms with van der Waals surface area (Å²) in [5.41, 5.74) is 9.67. The van der Waals surface area contributed by atoms with Crippen molar-refractivity contribution in [2.75, 3.05) is 11.1 Å². The average molecular weight is 395 g/mol. The molecular formula is C22H17N7O. The molecule has 0 unspecified atom stereocenters. The van der Waals surface area contributed by atoms with E-state index >= 15 is 0 Å². The van der Waals surface area contributed by atoms with Gasteiger partial charge in [-0.05, 0) is 30.0 Å². The van der Waals surface area contributed by atoms with Crippen LogP contribution in [0.25, 0.3) is 33.3 Å². The molecule has 0 radical (unpaired) electrons. The summed E-state index contributed by atoms with van der Waals surface area (Å²) in [5, 5.41) is 20.3. The lowest BCUT2D eigenvalue weighted by molar-refractivity contribution is -0.117. The SMILES string of the molecule is N#C[C@@H]1C[C@H]1C(=O)Nc1cc2cc(-c3ccccc3-c3ccn[nH]3)nc(N)c2cn1. The maximum Gasteiger partial charge on any atom is 0.230 e. The Morgan fingerprint density at radius 3 is 2.80 bits per heavy atom. The van der Waals surface area contributed by atoms with E-state index in [2.05, 4.69) is 31.6 Å². The van der Waals surface area contributed by atoms with E-state index in [1.165, 1.54) is 0 Å². The van der Waals surface area contributed by atoms with Gasteiger partial charge in [-0.15, -0.1) is 0 Å². The van der Waals surface area contributed by atoms with Crippen LogP contribution in [0, 0.1) is 23.2 Å². The zero-order valence-corrected chi connectivity index (χ0v) is 15.8. The number of nitrogens with one attached hydrogen (secondary N) is 2.